The summed E-state index contributed by atoms with van der Waals surface area (Å²) >= 11 is 5.75. The molecule has 1 nitrogen and oxygen atoms in total. The Bertz CT molecular complexity index is 610. The predicted molar refractivity (Wildman–Crippen MR) is 63.8 cm³/mol. The van der Waals surface area contributed by atoms with E-state index in [-0.39, 0.29) is 16.1 Å². The zero-order chi connectivity index (χ0) is 14.2. The fourth-order valence-electron chi connectivity index (χ4n) is 1.71. The van der Waals surface area contributed by atoms with Crippen LogP contribution in [-0.4, -0.2) is 0 Å². The lowest BCUT2D eigenvalue weighted by Gasteiger charge is -2.15. The van der Waals surface area contributed by atoms with Crippen molar-refractivity contribution in [3.8, 4) is 0 Å². The van der Waals surface area contributed by atoms with Gasteiger partial charge in [0.2, 0.25) is 0 Å². The second-order valence-electron chi connectivity index (χ2n) is 3.97. The molecule has 1 unspecified atom stereocenters. The zero-order valence-electron chi connectivity index (χ0n) is 9.43. The van der Waals surface area contributed by atoms with Crippen molar-refractivity contribution in [1.29, 1.82) is 0 Å². The Labute approximate surface area is 111 Å². The van der Waals surface area contributed by atoms with E-state index in [2.05, 4.69) is 0 Å². The molecule has 0 bridgehead atoms. The lowest BCUT2D eigenvalue weighted by molar-refractivity contribution is 0.506. The normalized spacial score (nSPS) is 12.5. The summed E-state index contributed by atoms with van der Waals surface area (Å²) in [6, 6.07) is 3.21. The molecule has 1 atom stereocenters. The maximum Gasteiger partial charge on any atom is 0.160 e. The van der Waals surface area contributed by atoms with E-state index >= 15 is 0 Å². The van der Waals surface area contributed by atoms with Gasteiger partial charge >= 0.3 is 0 Å². The van der Waals surface area contributed by atoms with Crippen molar-refractivity contribution < 1.29 is 17.6 Å². The third kappa shape index (κ3) is 2.88. The van der Waals surface area contributed by atoms with Crippen LogP contribution in [0.4, 0.5) is 17.6 Å². The molecule has 0 radical (unpaired) electrons. The van der Waals surface area contributed by atoms with Crippen molar-refractivity contribution >= 4 is 11.6 Å². The van der Waals surface area contributed by atoms with Crippen molar-refractivity contribution in [3.05, 3.63) is 69.8 Å². The standard InChI is InChI=1S/C13H8ClF4N/c14-10-5-12(18)11(17)4-9(10)13(19)6-1-7(15)3-8(16)2-6/h1-5,13H,19H2. The van der Waals surface area contributed by atoms with Gasteiger partial charge in [-0.15, -0.1) is 0 Å². The molecule has 0 aliphatic rings. The minimum atomic E-state index is -1.13. The summed E-state index contributed by atoms with van der Waals surface area (Å²) in [4.78, 5) is 0. The molecule has 0 fully saturated rings. The van der Waals surface area contributed by atoms with E-state index in [1.807, 2.05) is 0 Å². The van der Waals surface area contributed by atoms with Gasteiger partial charge in [-0.3, -0.25) is 0 Å². The molecule has 0 spiro atoms. The van der Waals surface area contributed by atoms with Crippen LogP contribution in [0.2, 0.25) is 5.02 Å². The number of hydrogen-bond donors (Lipinski definition) is 1. The topological polar surface area (TPSA) is 26.0 Å². The molecule has 6 heteroatoms. The molecule has 0 aromatic heterocycles. The first-order chi connectivity index (χ1) is 8.88. The first-order valence-electron chi connectivity index (χ1n) is 5.24. The Morgan fingerprint density at radius 2 is 1.37 bits per heavy atom. The highest BCUT2D eigenvalue weighted by molar-refractivity contribution is 6.31. The van der Waals surface area contributed by atoms with Crippen LogP contribution in [-0.2, 0) is 0 Å². The first kappa shape index (κ1) is 13.8. The molecule has 0 aliphatic heterocycles. The van der Waals surface area contributed by atoms with Crippen LogP contribution in [0, 0.1) is 23.3 Å². The largest absolute Gasteiger partial charge is 0.320 e. The highest BCUT2D eigenvalue weighted by atomic mass is 35.5. The molecule has 2 aromatic carbocycles. The predicted octanol–water partition coefficient (Wildman–Crippen LogP) is 3.94. The van der Waals surface area contributed by atoms with Crippen molar-refractivity contribution in [2.75, 3.05) is 0 Å². The van der Waals surface area contributed by atoms with Gasteiger partial charge < -0.3 is 5.73 Å². The van der Waals surface area contributed by atoms with Gasteiger partial charge in [-0.1, -0.05) is 11.6 Å². The van der Waals surface area contributed by atoms with Gasteiger partial charge in [-0.25, -0.2) is 17.6 Å². The molecule has 0 aliphatic carbocycles. The Hall–Kier alpha value is -1.59. The van der Waals surface area contributed by atoms with Gasteiger partial charge in [-0.05, 0) is 35.4 Å². The van der Waals surface area contributed by atoms with Crippen LogP contribution in [0.25, 0.3) is 0 Å². The van der Waals surface area contributed by atoms with Crippen LogP contribution in [0.15, 0.2) is 30.3 Å². The zero-order valence-corrected chi connectivity index (χ0v) is 10.2. The smallest absolute Gasteiger partial charge is 0.160 e. The van der Waals surface area contributed by atoms with E-state index in [0.717, 1.165) is 24.3 Å². The summed E-state index contributed by atoms with van der Waals surface area (Å²) in [5.41, 5.74) is 5.89. The SMILES string of the molecule is NC(c1cc(F)cc(F)c1)c1cc(F)c(F)cc1Cl. The van der Waals surface area contributed by atoms with Crippen LogP contribution < -0.4 is 5.73 Å². The van der Waals surface area contributed by atoms with Crippen LogP contribution >= 0.6 is 11.6 Å². The fourth-order valence-corrected chi connectivity index (χ4v) is 1.98. The number of benzene rings is 2. The molecular formula is C13H8ClF4N. The van der Waals surface area contributed by atoms with Gasteiger partial charge in [0, 0.05) is 11.1 Å². The quantitative estimate of drug-likeness (QED) is 0.657. The van der Waals surface area contributed by atoms with Gasteiger partial charge in [-0.2, -0.15) is 0 Å². The van der Waals surface area contributed by atoms with Crippen molar-refractivity contribution in [1.82, 2.24) is 0 Å². The highest BCUT2D eigenvalue weighted by Crippen LogP contribution is 2.29. The lowest BCUT2D eigenvalue weighted by atomic mass is 9.99. The average Bonchev–Trinajstić information content (AvgIpc) is 2.31. The van der Waals surface area contributed by atoms with Crippen LogP contribution in [0.5, 0.6) is 0 Å². The highest BCUT2D eigenvalue weighted by Gasteiger charge is 2.17. The van der Waals surface area contributed by atoms with Gasteiger partial charge in [0.15, 0.2) is 11.6 Å². The summed E-state index contributed by atoms with van der Waals surface area (Å²) in [7, 11) is 0. The van der Waals surface area contributed by atoms with E-state index in [0.29, 0.717) is 6.07 Å². The van der Waals surface area contributed by atoms with Crippen molar-refractivity contribution in [2.45, 2.75) is 6.04 Å². The number of rotatable bonds is 2. The molecule has 2 aromatic rings. The second kappa shape index (κ2) is 5.19. The minimum absolute atomic E-state index is 0.0468. The molecule has 19 heavy (non-hydrogen) atoms. The van der Waals surface area contributed by atoms with Crippen molar-refractivity contribution in [2.24, 2.45) is 5.73 Å². The van der Waals surface area contributed by atoms with E-state index in [1.54, 1.807) is 0 Å². The van der Waals surface area contributed by atoms with E-state index in [9.17, 15) is 17.6 Å². The molecule has 0 saturated heterocycles. The summed E-state index contributed by atoms with van der Waals surface area (Å²) in [6.45, 7) is 0. The third-order valence-electron chi connectivity index (χ3n) is 2.62. The van der Waals surface area contributed by atoms with E-state index in [1.165, 1.54) is 0 Å². The average molecular weight is 290 g/mol. The Balaban J connectivity index is 2.49. The monoisotopic (exact) mass is 289 g/mol. The summed E-state index contributed by atoms with van der Waals surface area (Å²) in [5.74, 6) is -3.88. The molecular weight excluding hydrogens is 282 g/mol. The molecule has 2 N–H and O–H groups in total. The van der Waals surface area contributed by atoms with Gasteiger partial charge in [0.25, 0.3) is 0 Å². The Kier molecular flexibility index (Phi) is 3.78. The number of halogens is 5. The van der Waals surface area contributed by atoms with Crippen LogP contribution in [0.3, 0.4) is 0 Å². The molecule has 100 valence electrons. The molecule has 2 rings (SSSR count). The van der Waals surface area contributed by atoms with Gasteiger partial charge in [0.1, 0.15) is 11.6 Å². The van der Waals surface area contributed by atoms with E-state index in [4.69, 9.17) is 17.3 Å². The summed E-state index contributed by atoms with van der Waals surface area (Å²) in [6.07, 6.45) is 0. The minimum Gasteiger partial charge on any atom is -0.320 e. The molecule has 0 heterocycles. The van der Waals surface area contributed by atoms with Gasteiger partial charge in [0.05, 0.1) is 6.04 Å². The molecule has 0 amide bonds. The molecule has 0 saturated carbocycles. The maximum absolute atomic E-state index is 13.2. The third-order valence-corrected chi connectivity index (χ3v) is 2.95. The summed E-state index contributed by atoms with van der Waals surface area (Å²) < 4.78 is 52.3. The number of hydrogen-bond acceptors (Lipinski definition) is 1. The maximum atomic E-state index is 13.2. The van der Waals surface area contributed by atoms with Crippen molar-refractivity contribution in [3.63, 3.8) is 0 Å². The lowest BCUT2D eigenvalue weighted by Crippen LogP contribution is -2.13. The Morgan fingerprint density at radius 1 is 0.842 bits per heavy atom. The first-order valence-corrected chi connectivity index (χ1v) is 5.62. The Morgan fingerprint density at radius 3 is 1.95 bits per heavy atom. The second-order valence-corrected chi connectivity index (χ2v) is 4.38. The summed E-state index contributed by atoms with van der Waals surface area (Å²) in [5, 5.41) is -0.115. The van der Waals surface area contributed by atoms with E-state index < -0.39 is 29.3 Å². The van der Waals surface area contributed by atoms with Crippen LogP contribution in [0.1, 0.15) is 17.2 Å². The fraction of sp³-hybridized carbons (Fsp3) is 0.0769. The number of nitrogens with two attached hydrogens (primary N) is 1.